The van der Waals surface area contributed by atoms with Crippen LogP contribution in [0.4, 0.5) is 5.69 Å². The summed E-state index contributed by atoms with van der Waals surface area (Å²) in [6, 6.07) is 5.93. The van der Waals surface area contributed by atoms with Crippen LogP contribution in [0.25, 0.3) is 0 Å². The van der Waals surface area contributed by atoms with E-state index in [9.17, 15) is 14.4 Å². The molecule has 2 bridgehead atoms. The normalized spacial score (nSPS) is 29.8. The van der Waals surface area contributed by atoms with Crippen LogP contribution in [-0.2, 0) is 23.9 Å². The first-order chi connectivity index (χ1) is 14.4. The van der Waals surface area contributed by atoms with Crippen LogP contribution >= 0.6 is 0 Å². The van der Waals surface area contributed by atoms with E-state index in [0.29, 0.717) is 6.54 Å². The number of nitrogens with zero attached hydrogens (tertiary/aromatic N) is 1. The lowest BCUT2D eigenvalue weighted by Crippen LogP contribution is -2.47. The van der Waals surface area contributed by atoms with Gasteiger partial charge in [0.2, 0.25) is 5.91 Å². The third-order valence-electron chi connectivity index (χ3n) is 6.18. The van der Waals surface area contributed by atoms with E-state index < -0.39 is 41.2 Å². The van der Waals surface area contributed by atoms with Crippen LogP contribution in [0.2, 0.25) is 0 Å². The van der Waals surface area contributed by atoms with Gasteiger partial charge in [0.25, 0.3) is 5.91 Å². The second kappa shape index (κ2) is 7.19. The molecule has 2 fully saturated rings. The lowest BCUT2D eigenvalue weighted by atomic mass is 9.77. The van der Waals surface area contributed by atoms with Crippen LogP contribution in [-0.4, -0.2) is 47.7 Å². The second-order valence-electron chi connectivity index (χ2n) is 9.93. The first-order valence-electron chi connectivity index (χ1n) is 10.7. The topological polar surface area (TPSA) is 84.9 Å². The molecular weight excluding hydrogens is 396 g/mol. The number of rotatable bonds is 4. The van der Waals surface area contributed by atoms with Gasteiger partial charge < -0.3 is 19.7 Å². The van der Waals surface area contributed by atoms with E-state index in [0.717, 1.165) is 16.8 Å². The number of esters is 1. The summed E-state index contributed by atoms with van der Waals surface area (Å²) in [6.45, 7) is 11.4. The smallest absolute Gasteiger partial charge is 0.313 e. The maximum absolute atomic E-state index is 13.5. The molecule has 2 amide bonds. The number of aryl methyl sites for hydroxylation is 2. The number of nitrogens with one attached hydrogen (secondary N) is 1. The Bertz CT molecular complexity index is 979. The van der Waals surface area contributed by atoms with Gasteiger partial charge in [0.1, 0.15) is 11.5 Å². The molecule has 3 heterocycles. The van der Waals surface area contributed by atoms with Crippen molar-refractivity contribution in [3.63, 3.8) is 0 Å². The van der Waals surface area contributed by atoms with Crippen LogP contribution in [0.3, 0.4) is 0 Å². The minimum Gasteiger partial charge on any atom is -0.452 e. The average molecular weight is 427 g/mol. The number of hydrogen-bond acceptors (Lipinski definition) is 5. The molecule has 31 heavy (non-hydrogen) atoms. The van der Waals surface area contributed by atoms with E-state index in [1.54, 1.807) is 4.90 Å². The fourth-order valence-corrected chi connectivity index (χ4v) is 4.86. The van der Waals surface area contributed by atoms with Crippen LogP contribution in [0.5, 0.6) is 0 Å². The second-order valence-corrected chi connectivity index (χ2v) is 9.93. The Morgan fingerprint density at radius 1 is 1.29 bits per heavy atom. The molecule has 1 aromatic carbocycles. The largest absolute Gasteiger partial charge is 0.452 e. The zero-order valence-electron chi connectivity index (χ0n) is 18.9. The molecule has 0 aliphatic carbocycles. The van der Waals surface area contributed by atoms with Crippen molar-refractivity contribution in [1.29, 1.82) is 0 Å². The number of carbonyl (C=O) groups is 3. The molecule has 3 aliphatic rings. The maximum Gasteiger partial charge on any atom is 0.313 e. The van der Waals surface area contributed by atoms with Gasteiger partial charge in [-0.1, -0.05) is 29.8 Å². The monoisotopic (exact) mass is 426 g/mol. The van der Waals surface area contributed by atoms with Gasteiger partial charge in [0, 0.05) is 11.2 Å². The molecule has 0 radical (unpaired) electrons. The zero-order chi connectivity index (χ0) is 22.7. The number of ether oxygens (including phenoxy) is 2. The van der Waals surface area contributed by atoms with Gasteiger partial charge in [-0.2, -0.15) is 0 Å². The highest BCUT2D eigenvalue weighted by Gasteiger charge is 2.67. The third-order valence-corrected chi connectivity index (χ3v) is 6.18. The van der Waals surface area contributed by atoms with Crippen molar-refractivity contribution in [2.24, 2.45) is 11.8 Å². The van der Waals surface area contributed by atoms with Crippen LogP contribution in [0.15, 0.2) is 30.4 Å². The van der Waals surface area contributed by atoms with Crippen LogP contribution in [0, 0.1) is 25.7 Å². The van der Waals surface area contributed by atoms with Crippen LogP contribution < -0.4 is 10.2 Å². The lowest BCUT2D eigenvalue weighted by Gasteiger charge is -2.26. The molecule has 2 saturated heterocycles. The summed E-state index contributed by atoms with van der Waals surface area (Å²) in [6.07, 6.45) is 2.27. The van der Waals surface area contributed by atoms with Gasteiger partial charge in [0.05, 0.1) is 18.6 Å². The van der Waals surface area contributed by atoms with Gasteiger partial charge in [0.15, 0.2) is 6.10 Å². The lowest BCUT2D eigenvalue weighted by molar-refractivity contribution is -0.161. The molecule has 1 aromatic rings. The Morgan fingerprint density at radius 2 is 2.00 bits per heavy atom. The SMILES string of the molecule is Cc1ccc(N2C[C@@]34C=C[C@H](O3)[C@H](C(=O)O[C@@H](C)C(=O)NC(C)(C)C)[C@@H]4C2=O)c(C)c1. The molecule has 3 aliphatic heterocycles. The first-order valence-corrected chi connectivity index (χ1v) is 10.7. The Labute approximate surface area is 182 Å². The molecular formula is C24H30N2O5. The molecule has 166 valence electrons. The molecule has 7 nitrogen and oxygen atoms in total. The Balaban J connectivity index is 1.55. The number of carbonyl (C=O) groups excluding carboxylic acids is 3. The summed E-state index contributed by atoms with van der Waals surface area (Å²) in [7, 11) is 0. The molecule has 0 aromatic heterocycles. The van der Waals surface area contributed by atoms with Crippen molar-refractivity contribution in [1.82, 2.24) is 5.32 Å². The van der Waals surface area contributed by atoms with Crippen molar-refractivity contribution in [2.45, 2.75) is 64.9 Å². The van der Waals surface area contributed by atoms with Crippen LogP contribution in [0.1, 0.15) is 38.8 Å². The van der Waals surface area contributed by atoms with Gasteiger partial charge in [-0.25, -0.2) is 0 Å². The van der Waals surface area contributed by atoms with Crippen molar-refractivity contribution < 1.29 is 23.9 Å². The fourth-order valence-electron chi connectivity index (χ4n) is 4.86. The number of anilines is 1. The Hall–Kier alpha value is -2.67. The van der Waals surface area contributed by atoms with Gasteiger partial charge >= 0.3 is 5.97 Å². The number of amides is 2. The van der Waals surface area contributed by atoms with E-state index in [1.165, 1.54) is 6.92 Å². The van der Waals surface area contributed by atoms with E-state index in [-0.39, 0.29) is 11.8 Å². The average Bonchev–Trinajstić information content (AvgIpc) is 3.28. The van der Waals surface area contributed by atoms with E-state index in [2.05, 4.69) is 5.32 Å². The maximum atomic E-state index is 13.5. The van der Waals surface area contributed by atoms with E-state index in [1.807, 2.05) is 65.0 Å². The zero-order valence-corrected chi connectivity index (χ0v) is 18.9. The highest BCUT2D eigenvalue weighted by Crippen LogP contribution is 2.53. The molecule has 1 N–H and O–H groups in total. The number of benzene rings is 1. The summed E-state index contributed by atoms with van der Waals surface area (Å²) >= 11 is 0. The first kappa shape index (κ1) is 21.6. The summed E-state index contributed by atoms with van der Waals surface area (Å²) < 4.78 is 11.6. The molecule has 0 unspecified atom stereocenters. The van der Waals surface area contributed by atoms with Gasteiger partial charge in [-0.3, -0.25) is 14.4 Å². The molecule has 7 heteroatoms. The van der Waals surface area contributed by atoms with Crippen molar-refractivity contribution in [3.8, 4) is 0 Å². The Kier molecular flexibility index (Phi) is 5.00. The highest BCUT2D eigenvalue weighted by atomic mass is 16.6. The standard InChI is InChI=1S/C24H30N2O5/c1-13-7-8-16(14(2)11-13)26-12-24-10-9-17(31-24)18(19(24)21(26)28)22(29)30-15(3)20(27)25-23(4,5)6/h7-11,15,17-19H,12H2,1-6H3,(H,25,27)/t15-,17-,18-,19+,24+/m0/s1. The predicted molar refractivity (Wildman–Crippen MR) is 115 cm³/mol. The van der Waals surface area contributed by atoms with E-state index >= 15 is 0 Å². The predicted octanol–water partition coefficient (Wildman–Crippen LogP) is 2.44. The Morgan fingerprint density at radius 3 is 2.65 bits per heavy atom. The summed E-state index contributed by atoms with van der Waals surface area (Å²) in [4.78, 5) is 40.6. The highest BCUT2D eigenvalue weighted by molar-refractivity contribution is 6.03. The molecule has 1 spiro atoms. The quantitative estimate of drug-likeness (QED) is 0.591. The molecule has 4 rings (SSSR count). The minimum atomic E-state index is -0.960. The van der Waals surface area contributed by atoms with Gasteiger partial charge in [-0.05, 0) is 53.2 Å². The molecule has 0 saturated carbocycles. The van der Waals surface area contributed by atoms with Gasteiger partial charge in [-0.15, -0.1) is 0 Å². The van der Waals surface area contributed by atoms with Crippen molar-refractivity contribution >= 4 is 23.5 Å². The minimum absolute atomic E-state index is 0.146. The van der Waals surface area contributed by atoms with Crippen molar-refractivity contribution in [3.05, 3.63) is 41.5 Å². The third kappa shape index (κ3) is 3.65. The molecule has 5 atom stereocenters. The summed E-state index contributed by atoms with van der Waals surface area (Å²) in [5, 5.41) is 2.81. The number of fused-ring (bicyclic) bond motifs is 1. The summed E-state index contributed by atoms with van der Waals surface area (Å²) in [5.41, 5.74) is 1.67. The summed E-state index contributed by atoms with van der Waals surface area (Å²) in [5.74, 6) is -2.52. The van der Waals surface area contributed by atoms with E-state index in [4.69, 9.17) is 9.47 Å². The van der Waals surface area contributed by atoms with Crippen molar-refractivity contribution in [2.75, 3.05) is 11.4 Å². The fraction of sp³-hybridized carbons (Fsp3) is 0.542. The number of hydrogen-bond donors (Lipinski definition) is 1.